The molecule has 0 saturated carbocycles. The average molecular weight is 219 g/mol. The first-order chi connectivity index (χ1) is 7.43. The molecule has 1 N–H and O–H groups in total. The van der Waals surface area contributed by atoms with Crippen molar-refractivity contribution in [2.45, 2.75) is 41.0 Å². The third-order valence-electron chi connectivity index (χ3n) is 2.82. The number of nitrogens with one attached hydrogen (secondary N) is 1. The standard InChI is InChI=1S/C15H25N/c1-6-16-11-15(4,5)10-14-8-12(2)7-13(3)9-14/h7-9,16H,6,10-11H2,1-5H3. The van der Waals surface area contributed by atoms with Crippen molar-refractivity contribution in [1.82, 2.24) is 5.32 Å². The summed E-state index contributed by atoms with van der Waals surface area (Å²) in [5.74, 6) is 0. The van der Waals surface area contributed by atoms with Crippen molar-refractivity contribution in [2.75, 3.05) is 13.1 Å². The van der Waals surface area contributed by atoms with E-state index in [-0.39, 0.29) is 0 Å². The normalized spacial score (nSPS) is 11.8. The van der Waals surface area contributed by atoms with Crippen LogP contribution < -0.4 is 5.32 Å². The smallest absolute Gasteiger partial charge is 0.000559 e. The highest BCUT2D eigenvalue weighted by molar-refractivity contribution is 5.29. The Hall–Kier alpha value is -0.820. The molecule has 16 heavy (non-hydrogen) atoms. The molecule has 0 saturated heterocycles. The van der Waals surface area contributed by atoms with Gasteiger partial charge in [0.15, 0.2) is 0 Å². The molecule has 0 amide bonds. The van der Waals surface area contributed by atoms with Crippen molar-refractivity contribution < 1.29 is 0 Å². The minimum absolute atomic E-state index is 0.330. The summed E-state index contributed by atoms with van der Waals surface area (Å²) in [5.41, 5.74) is 4.53. The van der Waals surface area contributed by atoms with Gasteiger partial charge >= 0.3 is 0 Å². The molecule has 0 aliphatic rings. The summed E-state index contributed by atoms with van der Waals surface area (Å²) >= 11 is 0. The highest BCUT2D eigenvalue weighted by Crippen LogP contribution is 2.22. The van der Waals surface area contributed by atoms with Crippen LogP contribution in [0.4, 0.5) is 0 Å². The minimum atomic E-state index is 0.330. The lowest BCUT2D eigenvalue weighted by molar-refractivity contribution is 0.342. The van der Waals surface area contributed by atoms with E-state index < -0.39 is 0 Å². The molecule has 0 bridgehead atoms. The Kier molecular flexibility index (Phi) is 4.55. The molecule has 0 aliphatic carbocycles. The molecule has 0 spiro atoms. The molecule has 0 aromatic heterocycles. The van der Waals surface area contributed by atoms with Crippen LogP contribution in [0.1, 0.15) is 37.5 Å². The van der Waals surface area contributed by atoms with Crippen LogP contribution in [0.2, 0.25) is 0 Å². The van der Waals surface area contributed by atoms with Crippen molar-refractivity contribution >= 4 is 0 Å². The van der Waals surface area contributed by atoms with E-state index in [2.05, 4.69) is 58.1 Å². The van der Waals surface area contributed by atoms with Crippen molar-refractivity contribution in [3.63, 3.8) is 0 Å². The molecule has 90 valence electrons. The van der Waals surface area contributed by atoms with Crippen LogP contribution in [-0.4, -0.2) is 13.1 Å². The van der Waals surface area contributed by atoms with E-state index in [1.165, 1.54) is 16.7 Å². The van der Waals surface area contributed by atoms with Gasteiger partial charge in [-0.1, -0.05) is 50.1 Å². The van der Waals surface area contributed by atoms with Gasteiger partial charge in [0.25, 0.3) is 0 Å². The van der Waals surface area contributed by atoms with Gasteiger partial charge in [0.05, 0.1) is 0 Å². The highest BCUT2D eigenvalue weighted by Gasteiger charge is 2.17. The Morgan fingerprint density at radius 2 is 1.62 bits per heavy atom. The number of hydrogen-bond acceptors (Lipinski definition) is 1. The van der Waals surface area contributed by atoms with Crippen LogP contribution in [0.15, 0.2) is 18.2 Å². The van der Waals surface area contributed by atoms with Gasteiger partial charge in [-0.05, 0) is 37.8 Å². The van der Waals surface area contributed by atoms with Crippen molar-refractivity contribution in [3.8, 4) is 0 Å². The third kappa shape index (κ3) is 4.36. The lowest BCUT2D eigenvalue weighted by Crippen LogP contribution is -2.31. The maximum absolute atomic E-state index is 3.44. The van der Waals surface area contributed by atoms with E-state index in [1.54, 1.807) is 0 Å². The molecule has 0 atom stereocenters. The zero-order chi connectivity index (χ0) is 12.2. The molecule has 1 heteroatoms. The average Bonchev–Trinajstić information content (AvgIpc) is 2.12. The fraction of sp³-hybridized carbons (Fsp3) is 0.600. The molecule has 0 fully saturated rings. The Morgan fingerprint density at radius 3 is 2.12 bits per heavy atom. The maximum atomic E-state index is 3.44. The predicted molar refractivity (Wildman–Crippen MR) is 71.9 cm³/mol. The lowest BCUT2D eigenvalue weighted by Gasteiger charge is -2.25. The maximum Gasteiger partial charge on any atom is 0.000559 e. The van der Waals surface area contributed by atoms with Crippen LogP contribution in [0.5, 0.6) is 0 Å². The van der Waals surface area contributed by atoms with E-state index in [0.717, 1.165) is 19.5 Å². The molecular formula is C15H25N. The summed E-state index contributed by atoms with van der Waals surface area (Å²) in [6.07, 6.45) is 1.14. The largest absolute Gasteiger partial charge is 0.316 e. The zero-order valence-electron chi connectivity index (χ0n) is 11.4. The van der Waals surface area contributed by atoms with Gasteiger partial charge in [-0.3, -0.25) is 0 Å². The number of benzene rings is 1. The zero-order valence-corrected chi connectivity index (χ0v) is 11.4. The van der Waals surface area contributed by atoms with E-state index >= 15 is 0 Å². The van der Waals surface area contributed by atoms with Crippen LogP contribution in [0.3, 0.4) is 0 Å². The highest BCUT2D eigenvalue weighted by atomic mass is 14.9. The number of hydrogen-bond donors (Lipinski definition) is 1. The molecule has 1 aromatic carbocycles. The second-order valence-corrected chi connectivity index (χ2v) is 5.62. The monoisotopic (exact) mass is 219 g/mol. The molecule has 0 unspecified atom stereocenters. The Morgan fingerprint density at radius 1 is 1.06 bits per heavy atom. The molecule has 0 heterocycles. The molecule has 1 aromatic rings. The minimum Gasteiger partial charge on any atom is -0.316 e. The fourth-order valence-corrected chi connectivity index (χ4v) is 2.25. The molecular weight excluding hydrogens is 194 g/mol. The number of rotatable bonds is 5. The van der Waals surface area contributed by atoms with Crippen LogP contribution >= 0.6 is 0 Å². The van der Waals surface area contributed by atoms with E-state index in [9.17, 15) is 0 Å². The summed E-state index contributed by atoms with van der Waals surface area (Å²) < 4.78 is 0. The second-order valence-electron chi connectivity index (χ2n) is 5.62. The fourth-order valence-electron chi connectivity index (χ4n) is 2.25. The molecule has 0 radical (unpaired) electrons. The third-order valence-corrected chi connectivity index (χ3v) is 2.82. The summed E-state index contributed by atoms with van der Waals surface area (Å²) in [5, 5.41) is 3.44. The summed E-state index contributed by atoms with van der Waals surface area (Å²) in [4.78, 5) is 0. The first-order valence-electron chi connectivity index (χ1n) is 6.21. The molecule has 1 nitrogen and oxygen atoms in total. The Labute approximate surface area is 100 Å². The van der Waals surface area contributed by atoms with Gasteiger partial charge in [0.1, 0.15) is 0 Å². The van der Waals surface area contributed by atoms with Crippen LogP contribution in [0, 0.1) is 19.3 Å². The van der Waals surface area contributed by atoms with Gasteiger partial charge in [-0.15, -0.1) is 0 Å². The first-order valence-corrected chi connectivity index (χ1v) is 6.21. The Balaban J connectivity index is 2.71. The van der Waals surface area contributed by atoms with Crippen LogP contribution in [-0.2, 0) is 6.42 Å². The SMILES string of the molecule is CCNCC(C)(C)Cc1cc(C)cc(C)c1. The summed E-state index contributed by atoms with van der Waals surface area (Å²) in [6.45, 7) is 13.3. The second kappa shape index (κ2) is 5.49. The number of aryl methyl sites for hydroxylation is 2. The van der Waals surface area contributed by atoms with E-state index in [0.29, 0.717) is 5.41 Å². The Bertz CT molecular complexity index is 319. The van der Waals surface area contributed by atoms with Crippen molar-refractivity contribution in [3.05, 3.63) is 34.9 Å². The lowest BCUT2D eigenvalue weighted by atomic mass is 9.85. The summed E-state index contributed by atoms with van der Waals surface area (Å²) in [6, 6.07) is 6.85. The molecule has 0 aliphatic heterocycles. The van der Waals surface area contributed by atoms with Gasteiger partial charge in [0.2, 0.25) is 0 Å². The van der Waals surface area contributed by atoms with Crippen molar-refractivity contribution in [2.24, 2.45) is 5.41 Å². The predicted octanol–water partition coefficient (Wildman–Crippen LogP) is 3.48. The van der Waals surface area contributed by atoms with E-state index in [1.807, 2.05) is 0 Å². The summed E-state index contributed by atoms with van der Waals surface area (Å²) in [7, 11) is 0. The van der Waals surface area contributed by atoms with Crippen LogP contribution in [0.25, 0.3) is 0 Å². The van der Waals surface area contributed by atoms with Crippen molar-refractivity contribution in [1.29, 1.82) is 0 Å². The van der Waals surface area contributed by atoms with Gasteiger partial charge < -0.3 is 5.32 Å². The van der Waals surface area contributed by atoms with E-state index in [4.69, 9.17) is 0 Å². The molecule has 1 rings (SSSR count). The van der Waals surface area contributed by atoms with Gasteiger partial charge in [-0.25, -0.2) is 0 Å². The van der Waals surface area contributed by atoms with Gasteiger partial charge in [-0.2, -0.15) is 0 Å². The first kappa shape index (κ1) is 13.2. The quantitative estimate of drug-likeness (QED) is 0.799. The topological polar surface area (TPSA) is 12.0 Å². The van der Waals surface area contributed by atoms with Gasteiger partial charge in [0, 0.05) is 6.54 Å².